The number of aryl methyl sites for hydroxylation is 1. The average Bonchev–Trinajstić information content (AvgIpc) is 3.11. The molecule has 7 nitrogen and oxygen atoms in total. The van der Waals surface area contributed by atoms with Gasteiger partial charge in [-0.1, -0.05) is 30.3 Å². The van der Waals surface area contributed by atoms with Gasteiger partial charge in [-0.3, -0.25) is 4.79 Å². The number of benzene rings is 2. The highest BCUT2D eigenvalue weighted by molar-refractivity contribution is 7.16. The number of methoxy groups -OCH3 is 1. The van der Waals surface area contributed by atoms with Crippen molar-refractivity contribution >= 4 is 44.9 Å². The third-order valence-electron chi connectivity index (χ3n) is 5.31. The van der Waals surface area contributed by atoms with Crippen molar-refractivity contribution < 1.29 is 23.5 Å². The molecule has 2 aromatic carbocycles. The van der Waals surface area contributed by atoms with Gasteiger partial charge in [-0.25, -0.2) is 9.79 Å². The van der Waals surface area contributed by atoms with Gasteiger partial charge in [0.25, 0.3) is 5.91 Å². The molecule has 2 aromatic heterocycles. The standard InChI is InChI=1S/C26H24N2O5S/c1-5-32-26(30)22-15(2)16(3)34-25(22)28-24-18(14-17-10-6-8-12-20(17)33-24)23(29)27-19-11-7-9-13-21(19)31-4/h6-14H,5H2,1-4H3,(H,27,29). The van der Waals surface area contributed by atoms with Crippen LogP contribution in [0.4, 0.5) is 10.7 Å². The Hall–Kier alpha value is -3.91. The van der Waals surface area contributed by atoms with E-state index < -0.39 is 11.9 Å². The Bertz CT molecular complexity index is 1450. The number of fused-ring (bicyclic) bond motifs is 1. The Morgan fingerprint density at radius 3 is 2.59 bits per heavy atom. The van der Waals surface area contributed by atoms with E-state index in [1.165, 1.54) is 18.4 Å². The van der Waals surface area contributed by atoms with E-state index in [-0.39, 0.29) is 17.7 Å². The molecule has 0 unspecified atom stereocenters. The van der Waals surface area contributed by atoms with Gasteiger partial charge in [-0.2, -0.15) is 0 Å². The highest BCUT2D eigenvalue weighted by atomic mass is 32.1. The molecule has 0 aliphatic rings. The number of hydrogen-bond donors (Lipinski definition) is 1. The predicted octanol–water partition coefficient (Wildman–Crippen LogP) is 5.78. The molecule has 0 radical (unpaired) electrons. The Kier molecular flexibility index (Phi) is 6.79. The van der Waals surface area contributed by atoms with Crippen LogP contribution in [0.15, 0.2) is 64.0 Å². The lowest BCUT2D eigenvalue weighted by molar-refractivity contribution is 0.0527. The fraction of sp³-hybridized carbons (Fsp3) is 0.192. The van der Waals surface area contributed by atoms with E-state index in [0.717, 1.165) is 15.8 Å². The van der Waals surface area contributed by atoms with Crippen molar-refractivity contribution in [3.05, 3.63) is 81.7 Å². The maximum absolute atomic E-state index is 13.4. The smallest absolute Gasteiger partial charge is 0.341 e. The fourth-order valence-electron chi connectivity index (χ4n) is 3.48. The number of rotatable bonds is 6. The van der Waals surface area contributed by atoms with Crippen molar-refractivity contribution in [2.75, 3.05) is 19.0 Å². The zero-order valence-corrected chi connectivity index (χ0v) is 20.1. The van der Waals surface area contributed by atoms with E-state index in [4.69, 9.17) is 13.9 Å². The van der Waals surface area contributed by atoms with Crippen LogP contribution in [0.5, 0.6) is 5.75 Å². The minimum atomic E-state index is -0.455. The second kappa shape index (κ2) is 9.93. The van der Waals surface area contributed by atoms with Crippen LogP contribution < -0.4 is 15.6 Å². The Labute approximate surface area is 200 Å². The predicted molar refractivity (Wildman–Crippen MR) is 132 cm³/mol. The lowest BCUT2D eigenvalue weighted by Crippen LogP contribution is -2.22. The third kappa shape index (κ3) is 4.58. The second-order valence-corrected chi connectivity index (χ2v) is 8.66. The molecule has 0 aliphatic heterocycles. The first-order valence-corrected chi connectivity index (χ1v) is 11.5. The maximum atomic E-state index is 13.4. The Balaban J connectivity index is 1.89. The van der Waals surface area contributed by atoms with Crippen LogP contribution >= 0.6 is 11.3 Å². The van der Waals surface area contributed by atoms with Crippen molar-refractivity contribution in [1.82, 2.24) is 0 Å². The highest BCUT2D eigenvalue weighted by Gasteiger charge is 2.22. The van der Waals surface area contributed by atoms with E-state index in [9.17, 15) is 9.59 Å². The van der Waals surface area contributed by atoms with Crippen LogP contribution in [0, 0.1) is 13.8 Å². The number of ether oxygens (including phenoxy) is 2. The number of anilines is 1. The van der Waals surface area contributed by atoms with Crippen LogP contribution in [0.1, 0.15) is 38.1 Å². The zero-order chi connectivity index (χ0) is 24.2. The van der Waals surface area contributed by atoms with Gasteiger partial charge in [0.2, 0.25) is 5.55 Å². The monoisotopic (exact) mass is 476 g/mol. The first-order chi connectivity index (χ1) is 16.4. The SMILES string of the molecule is CCOC(=O)c1c(N=c2oc3ccccc3cc2C(=O)Nc2ccccc2OC)sc(C)c1C. The van der Waals surface area contributed by atoms with Crippen molar-refractivity contribution in [3.8, 4) is 5.75 Å². The molecule has 0 spiro atoms. The zero-order valence-electron chi connectivity index (χ0n) is 19.3. The summed E-state index contributed by atoms with van der Waals surface area (Å²) in [5.74, 6) is -0.342. The van der Waals surface area contributed by atoms with E-state index in [0.29, 0.717) is 27.6 Å². The van der Waals surface area contributed by atoms with Crippen molar-refractivity contribution in [3.63, 3.8) is 0 Å². The van der Waals surface area contributed by atoms with Crippen molar-refractivity contribution in [1.29, 1.82) is 0 Å². The first kappa shape index (κ1) is 23.3. The van der Waals surface area contributed by atoms with Crippen LogP contribution in [0.2, 0.25) is 0 Å². The Morgan fingerprint density at radius 1 is 1.09 bits per heavy atom. The molecule has 8 heteroatoms. The molecule has 1 amide bonds. The first-order valence-electron chi connectivity index (χ1n) is 10.7. The van der Waals surface area contributed by atoms with E-state index in [2.05, 4.69) is 10.3 Å². The number of para-hydroxylation sites is 3. The van der Waals surface area contributed by atoms with Gasteiger partial charge in [0.1, 0.15) is 21.9 Å². The number of nitrogens with zero attached hydrogens (tertiary/aromatic N) is 1. The van der Waals surface area contributed by atoms with E-state index >= 15 is 0 Å². The molecule has 2 heterocycles. The minimum absolute atomic E-state index is 0.0953. The fourth-order valence-corrected chi connectivity index (χ4v) is 4.49. The summed E-state index contributed by atoms with van der Waals surface area (Å²) in [7, 11) is 1.54. The quantitative estimate of drug-likeness (QED) is 0.356. The molecule has 174 valence electrons. The summed E-state index contributed by atoms with van der Waals surface area (Å²) in [5.41, 5.74) is 2.58. The lowest BCUT2D eigenvalue weighted by atomic mass is 10.1. The van der Waals surface area contributed by atoms with Gasteiger partial charge < -0.3 is 19.2 Å². The number of esters is 1. The van der Waals surface area contributed by atoms with Gasteiger partial charge in [0.05, 0.1) is 25.0 Å². The number of nitrogens with one attached hydrogen (secondary N) is 1. The number of hydrogen-bond acceptors (Lipinski definition) is 7. The Morgan fingerprint density at radius 2 is 1.82 bits per heavy atom. The molecule has 0 bridgehead atoms. The molecule has 0 aliphatic carbocycles. The summed E-state index contributed by atoms with van der Waals surface area (Å²) in [6, 6.07) is 16.2. The van der Waals surface area contributed by atoms with Crippen LogP contribution in [-0.4, -0.2) is 25.6 Å². The highest BCUT2D eigenvalue weighted by Crippen LogP contribution is 2.35. The molecule has 34 heavy (non-hydrogen) atoms. The largest absolute Gasteiger partial charge is 0.495 e. The van der Waals surface area contributed by atoms with Gasteiger partial charge in [-0.05, 0) is 50.6 Å². The number of carbonyl (C=O) groups is 2. The van der Waals surface area contributed by atoms with Gasteiger partial charge >= 0.3 is 5.97 Å². The summed E-state index contributed by atoms with van der Waals surface area (Å²) in [4.78, 5) is 31.6. The second-order valence-electron chi connectivity index (χ2n) is 7.45. The molecular formula is C26H24N2O5S. The number of carbonyl (C=O) groups excluding carboxylic acids is 2. The molecule has 0 saturated carbocycles. The molecule has 0 saturated heterocycles. The van der Waals surface area contributed by atoms with Gasteiger partial charge in [-0.15, -0.1) is 11.3 Å². The summed E-state index contributed by atoms with van der Waals surface area (Å²) in [6.07, 6.45) is 0. The molecule has 0 atom stereocenters. The summed E-state index contributed by atoms with van der Waals surface area (Å²) in [5, 5.41) is 4.05. The molecule has 4 aromatic rings. The minimum Gasteiger partial charge on any atom is -0.495 e. The number of amides is 1. The van der Waals surface area contributed by atoms with Crippen LogP contribution in [0.3, 0.4) is 0 Å². The van der Waals surface area contributed by atoms with Gasteiger partial charge in [0, 0.05) is 10.3 Å². The third-order valence-corrected chi connectivity index (χ3v) is 6.41. The normalized spacial score (nSPS) is 11.5. The van der Waals surface area contributed by atoms with Gasteiger partial charge in [0.15, 0.2) is 0 Å². The summed E-state index contributed by atoms with van der Waals surface area (Å²) >= 11 is 1.35. The summed E-state index contributed by atoms with van der Waals surface area (Å²) < 4.78 is 16.6. The maximum Gasteiger partial charge on any atom is 0.341 e. The van der Waals surface area contributed by atoms with Crippen molar-refractivity contribution in [2.24, 2.45) is 4.99 Å². The van der Waals surface area contributed by atoms with E-state index in [1.54, 1.807) is 37.3 Å². The lowest BCUT2D eigenvalue weighted by Gasteiger charge is -2.10. The van der Waals surface area contributed by atoms with Crippen LogP contribution in [0.25, 0.3) is 11.0 Å². The molecular weight excluding hydrogens is 452 g/mol. The molecule has 0 fully saturated rings. The van der Waals surface area contributed by atoms with Crippen molar-refractivity contribution in [2.45, 2.75) is 20.8 Å². The number of thiophene rings is 1. The summed E-state index contributed by atoms with van der Waals surface area (Å²) in [6.45, 7) is 5.76. The average molecular weight is 477 g/mol. The van der Waals surface area contributed by atoms with Crippen LogP contribution in [-0.2, 0) is 4.74 Å². The molecule has 1 N–H and O–H groups in total. The topological polar surface area (TPSA) is 90.1 Å². The van der Waals surface area contributed by atoms with E-state index in [1.807, 2.05) is 38.1 Å². The molecule has 4 rings (SSSR count).